The smallest absolute Gasteiger partial charge is 0.408 e. The van der Waals surface area contributed by atoms with Gasteiger partial charge in [-0.3, -0.25) is 4.79 Å². The van der Waals surface area contributed by atoms with Crippen LogP contribution in [0.3, 0.4) is 0 Å². The lowest BCUT2D eigenvalue weighted by Gasteiger charge is -2.17. The van der Waals surface area contributed by atoms with Crippen LogP contribution in [0.1, 0.15) is 32.8 Å². The van der Waals surface area contributed by atoms with Gasteiger partial charge in [-0.05, 0) is 25.8 Å². The molecule has 0 unspecified atom stereocenters. The van der Waals surface area contributed by atoms with Crippen molar-refractivity contribution in [3.05, 3.63) is 35.9 Å². The molecule has 5 heteroatoms. The van der Waals surface area contributed by atoms with Crippen molar-refractivity contribution in [2.24, 2.45) is 0 Å². The zero-order valence-corrected chi connectivity index (χ0v) is 12.2. The highest BCUT2D eigenvalue weighted by Gasteiger charge is 2.17. The number of carbonyl (C=O) groups is 2. The third-order valence-electron chi connectivity index (χ3n) is 2.94. The van der Waals surface area contributed by atoms with E-state index in [1.807, 2.05) is 44.2 Å². The van der Waals surface area contributed by atoms with Crippen LogP contribution in [0.15, 0.2) is 30.3 Å². The predicted molar refractivity (Wildman–Crippen MR) is 77.1 cm³/mol. The standard InChI is InChI=1S/C15H22N2O3/c1-4-11(2)16-14(18)12(3)17-15(19)20-10-13-8-6-5-7-9-13/h5-9,11-12H,4,10H2,1-3H3,(H,16,18)(H,17,19)/t11-,12-/m0/s1. The van der Waals surface area contributed by atoms with E-state index < -0.39 is 12.1 Å². The number of ether oxygens (including phenoxy) is 1. The van der Waals surface area contributed by atoms with E-state index in [9.17, 15) is 9.59 Å². The first-order chi connectivity index (χ1) is 9.52. The summed E-state index contributed by atoms with van der Waals surface area (Å²) in [5, 5.41) is 5.31. The van der Waals surface area contributed by atoms with Gasteiger partial charge in [0.2, 0.25) is 5.91 Å². The quantitative estimate of drug-likeness (QED) is 0.838. The number of alkyl carbamates (subject to hydrolysis) is 1. The molecule has 1 rings (SSSR count). The molecular formula is C15H22N2O3. The highest BCUT2D eigenvalue weighted by Crippen LogP contribution is 2.00. The van der Waals surface area contributed by atoms with E-state index in [4.69, 9.17) is 4.74 Å². The third-order valence-corrected chi connectivity index (χ3v) is 2.94. The molecule has 0 aliphatic rings. The summed E-state index contributed by atoms with van der Waals surface area (Å²) in [6.07, 6.45) is 0.248. The summed E-state index contributed by atoms with van der Waals surface area (Å²) in [7, 11) is 0. The van der Waals surface area contributed by atoms with E-state index >= 15 is 0 Å². The summed E-state index contributed by atoms with van der Waals surface area (Å²) in [6.45, 7) is 5.71. The Bertz CT molecular complexity index is 434. The maximum absolute atomic E-state index is 11.7. The van der Waals surface area contributed by atoms with Gasteiger partial charge in [-0.15, -0.1) is 0 Å². The molecule has 0 spiro atoms. The minimum Gasteiger partial charge on any atom is -0.445 e. The first kappa shape index (κ1) is 16.0. The van der Waals surface area contributed by atoms with Crippen LogP contribution in [0.5, 0.6) is 0 Å². The molecule has 0 fully saturated rings. The average Bonchev–Trinajstić information content (AvgIpc) is 2.45. The molecular weight excluding hydrogens is 256 g/mol. The number of nitrogens with one attached hydrogen (secondary N) is 2. The van der Waals surface area contributed by atoms with Crippen molar-refractivity contribution in [2.75, 3.05) is 0 Å². The van der Waals surface area contributed by atoms with Gasteiger partial charge in [0.15, 0.2) is 0 Å². The Morgan fingerprint density at radius 2 is 1.80 bits per heavy atom. The van der Waals surface area contributed by atoms with E-state index in [0.717, 1.165) is 12.0 Å². The number of amides is 2. The second-order valence-electron chi connectivity index (χ2n) is 4.75. The number of hydrogen-bond donors (Lipinski definition) is 2. The lowest BCUT2D eigenvalue weighted by atomic mass is 10.2. The summed E-state index contributed by atoms with van der Waals surface area (Å²) in [4.78, 5) is 23.3. The van der Waals surface area contributed by atoms with Gasteiger partial charge >= 0.3 is 6.09 Å². The molecule has 0 aliphatic heterocycles. The Morgan fingerprint density at radius 3 is 2.40 bits per heavy atom. The van der Waals surface area contributed by atoms with Crippen molar-refractivity contribution in [3.63, 3.8) is 0 Å². The maximum Gasteiger partial charge on any atom is 0.408 e. The lowest BCUT2D eigenvalue weighted by molar-refractivity contribution is -0.123. The SMILES string of the molecule is CC[C@H](C)NC(=O)[C@H](C)NC(=O)OCc1ccccc1. The van der Waals surface area contributed by atoms with Crippen LogP contribution in [-0.2, 0) is 16.1 Å². The van der Waals surface area contributed by atoms with Crippen molar-refractivity contribution in [1.82, 2.24) is 10.6 Å². The van der Waals surface area contributed by atoms with Gasteiger partial charge in [0.25, 0.3) is 0 Å². The zero-order chi connectivity index (χ0) is 15.0. The zero-order valence-electron chi connectivity index (χ0n) is 12.2. The Kier molecular flexibility index (Phi) is 6.56. The molecule has 110 valence electrons. The summed E-state index contributed by atoms with van der Waals surface area (Å²) in [5.74, 6) is -0.212. The topological polar surface area (TPSA) is 67.4 Å². The molecule has 20 heavy (non-hydrogen) atoms. The van der Waals surface area contributed by atoms with Crippen molar-refractivity contribution in [3.8, 4) is 0 Å². The minimum absolute atomic E-state index is 0.0899. The molecule has 1 aromatic rings. The van der Waals surface area contributed by atoms with Gasteiger partial charge < -0.3 is 15.4 Å². The molecule has 5 nitrogen and oxygen atoms in total. The summed E-state index contributed by atoms with van der Waals surface area (Å²) in [5.41, 5.74) is 0.902. The molecule has 0 bridgehead atoms. The molecule has 0 aromatic heterocycles. The number of hydrogen-bond acceptors (Lipinski definition) is 3. The second kappa shape index (κ2) is 8.19. The van der Waals surface area contributed by atoms with E-state index in [-0.39, 0.29) is 18.6 Å². The molecule has 0 saturated carbocycles. The Balaban J connectivity index is 2.32. The molecule has 2 N–H and O–H groups in total. The van der Waals surface area contributed by atoms with E-state index in [1.54, 1.807) is 6.92 Å². The lowest BCUT2D eigenvalue weighted by Crippen LogP contribution is -2.47. The average molecular weight is 278 g/mol. The summed E-state index contributed by atoms with van der Waals surface area (Å²) >= 11 is 0. The van der Waals surface area contributed by atoms with Crippen molar-refractivity contribution in [1.29, 1.82) is 0 Å². The van der Waals surface area contributed by atoms with E-state index in [2.05, 4.69) is 10.6 Å². The monoisotopic (exact) mass is 278 g/mol. The Labute approximate surface area is 119 Å². The summed E-state index contributed by atoms with van der Waals surface area (Å²) < 4.78 is 5.05. The van der Waals surface area contributed by atoms with Crippen LogP contribution >= 0.6 is 0 Å². The summed E-state index contributed by atoms with van der Waals surface area (Å²) in [6, 6.07) is 8.85. The molecule has 0 radical (unpaired) electrons. The first-order valence-electron chi connectivity index (χ1n) is 6.80. The molecule has 0 saturated heterocycles. The van der Waals surface area contributed by atoms with Gasteiger partial charge in [-0.25, -0.2) is 4.79 Å². The van der Waals surface area contributed by atoms with Crippen molar-refractivity contribution >= 4 is 12.0 Å². The fourth-order valence-electron chi connectivity index (χ4n) is 1.48. The third kappa shape index (κ3) is 5.73. The molecule has 0 aliphatic carbocycles. The van der Waals surface area contributed by atoms with Crippen LogP contribution in [-0.4, -0.2) is 24.1 Å². The predicted octanol–water partition coefficient (Wildman–Crippen LogP) is 2.22. The van der Waals surface area contributed by atoms with Crippen LogP contribution in [0.2, 0.25) is 0 Å². The minimum atomic E-state index is -0.618. The number of benzene rings is 1. The van der Waals surface area contributed by atoms with Crippen molar-refractivity contribution < 1.29 is 14.3 Å². The number of carbonyl (C=O) groups excluding carboxylic acids is 2. The Morgan fingerprint density at radius 1 is 1.15 bits per heavy atom. The maximum atomic E-state index is 11.7. The highest BCUT2D eigenvalue weighted by molar-refractivity contribution is 5.85. The molecule has 2 amide bonds. The van der Waals surface area contributed by atoms with Crippen LogP contribution in [0.4, 0.5) is 4.79 Å². The Hall–Kier alpha value is -2.04. The van der Waals surface area contributed by atoms with E-state index in [0.29, 0.717) is 0 Å². The van der Waals surface area contributed by atoms with Gasteiger partial charge in [-0.2, -0.15) is 0 Å². The molecule has 1 aromatic carbocycles. The van der Waals surface area contributed by atoms with Gasteiger partial charge in [0.05, 0.1) is 0 Å². The van der Waals surface area contributed by atoms with Crippen LogP contribution in [0.25, 0.3) is 0 Å². The largest absolute Gasteiger partial charge is 0.445 e. The van der Waals surface area contributed by atoms with Crippen LogP contribution in [0, 0.1) is 0 Å². The fourth-order valence-corrected chi connectivity index (χ4v) is 1.48. The fraction of sp³-hybridized carbons (Fsp3) is 0.467. The highest BCUT2D eigenvalue weighted by atomic mass is 16.5. The molecule has 2 atom stereocenters. The van der Waals surface area contributed by atoms with Gasteiger partial charge in [0, 0.05) is 6.04 Å². The van der Waals surface area contributed by atoms with Gasteiger partial charge in [-0.1, -0.05) is 37.3 Å². The van der Waals surface area contributed by atoms with E-state index in [1.165, 1.54) is 0 Å². The first-order valence-corrected chi connectivity index (χ1v) is 6.80. The second-order valence-corrected chi connectivity index (χ2v) is 4.75. The normalized spacial score (nSPS) is 13.2. The van der Waals surface area contributed by atoms with Gasteiger partial charge in [0.1, 0.15) is 12.6 Å². The van der Waals surface area contributed by atoms with Crippen molar-refractivity contribution in [2.45, 2.75) is 45.9 Å². The number of rotatable bonds is 6. The molecule has 0 heterocycles. The van der Waals surface area contributed by atoms with Crippen LogP contribution < -0.4 is 10.6 Å².